The molecule has 26 heavy (non-hydrogen) atoms. The lowest BCUT2D eigenvalue weighted by atomic mass is 9.76. The molecular formula is C17H20N6O2S. The van der Waals surface area contributed by atoms with Crippen LogP contribution >= 0.6 is 11.8 Å². The molecule has 3 N–H and O–H groups in total. The molecule has 9 heteroatoms. The average Bonchev–Trinajstić information content (AvgIpc) is 2.61. The molecule has 0 aliphatic carbocycles. The van der Waals surface area contributed by atoms with Crippen molar-refractivity contribution in [3.8, 4) is 5.88 Å². The van der Waals surface area contributed by atoms with Gasteiger partial charge >= 0.3 is 0 Å². The van der Waals surface area contributed by atoms with Crippen molar-refractivity contribution < 1.29 is 9.53 Å². The summed E-state index contributed by atoms with van der Waals surface area (Å²) >= 11 is 1.38. The van der Waals surface area contributed by atoms with Crippen molar-refractivity contribution in [2.24, 2.45) is 15.7 Å². The Kier molecular flexibility index (Phi) is 4.82. The third kappa shape index (κ3) is 3.48. The number of aliphatic imine (C=N–C) groups is 2. The van der Waals surface area contributed by atoms with E-state index in [0.29, 0.717) is 17.5 Å². The lowest BCUT2D eigenvalue weighted by Crippen LogP contribution is -2.49. The fraction of sp³-hybridized carbons (Fsp3) is 0.353. The van der Waals surface area contributed by atoms with Crippen LogP contribution < -0.4 is 15.8 Å². The van der Waals surface area contributed by atoms with Crippen LogP contribution in [0.4, 0.5) is 0 Å². The second-order valence-electron chi connectivity index (χ2n) is 6.34. The lowest BCUT2D eigenvalue weighted by Gasteiger charge is -2.41. The van der Waals surface area contributed by atoms with Gasteiger partial charge in [0, 0.05) is 18.3 Å². The van der Waals surface area contributed by atoms with Gasteiger partial charge in [-0.3, -0.25) is 9.79 Å². The average molecular weight is 372 g/mol. The van der Waals surface area contributed by atoms with Crippen molar-refractivity contribution in [3.05, 3.63) is 41.3 Å². The van der Waals surface area contributed by atoms with E-state index in [1.54, 1.807) is 12.3 Å². The Morgan fingerprint density at radius 1 is 1.35 bits per heavy atom. The smallest absolute Gasteiger partial charge is 0.275 e. The van der Waals surface area contributed by atoms with E-state index in [0.717, 1.165) is 5.70 Å². The van der Waals surface area contributed by atoms with Crippen LogP contribution in [0.1, 0.15) is 30.8 Å². The third-order valence-corrected chi connectivity index (χ3v) is 5.13. The number of nitrogens with two attached hydrogens (primary N) is 1. The molecule has 2 atom stereocenters. The van der Waals surface area contributed by atoms with E-state index in [4.69, 9.17) is 10.5 Å². The quantitative estimate of drug-likeness (QED) is 0.831. The van der Waals surface area contributed by atoms with E-state index in [1.165, 1.54) is 31.3 Å². The number of nitrogens with one attached hydrogen (secondary N) is 1. The first-order valence-corrected chi connectivity index (χ1v) is 8.85. The molecule has 1 aromatic rings. The number of thioether (sulfide) groups is 1. The predicted octanol–water partition coefficient (Wildman–Crippen LogP) is 1.67. The zero-order valence-corrected chi connectivity index (χ0v) is 15.6. The summed E-state index contributed by atoms with van der Waals surface area (Å²) in [6.07, 6.45) is 8.73. The maximum Gasteiger partial charge on any atom is 0.275 e. The van der Waals surface area contributed by atoms with E-state index in [2.05, 4.69) is 25.3 Å². The summed E-state index contributed by atoms with van der Waals surface area (Å²) in [5.41, 5.74) is 5.66. The van der Waals surface area contributed by atoms with Crippen LogP contribution in [0, 0.1) is 0 Å². The number of dihydropyridines is 1. The minimum atomic E-state index is -0.594. The first-order chi connectivity index (χ1) is 12.4. The Bertz CT molecular complexity index is 832. The maximum absolute atomic E-state index is 12.4. The van der Waals surface area contributed by atoms with Crippen LogP contribution in [-0.4, -0.2) is 45.4 Å². The van der Waals surface area contributed by atoms with Gasteiger partial charge in [0.05, 0.1) is 25.0 Å². The Morgan fingerprint density at radius 3 is 2.81 bits per heavy atom. The van der Waals surface area contributed by atoms with E-state index in [9.17, 15) is 4.79 Å². The standard InChI is InChI=1S/C17H20N6O2S/c1-16(5-7-26-15(18)23-16)17(2)8-11(4-6-21-17)22-14(24)12-9-20-13(25-3)10-19-12/h4-7,9-10H,8H2,1-3H3,(H2,18,23)(H,22,24)/t16-,17+/m0/s1. The number of amides is 1. The third-order valence-electron chi connectivity index (χ3n) is 4.53. The molecule has 0 saturated carbocycles. The van der Waals surface area contributed by atoms with Gasteiger partial charge in [0.2, 0.25) is 5.88 Å². The Hall–Kier alpha value is -2.68. The van der Waals surface area contributed by atoms with Gasteiger partial charge in [-0.1, -0.05) is 11.8 Å². The number of hydrogen-bond donors (Lipinski definition) is 2. The fourth-order valence-electron chi connectivity index (χ4n) is 2.74. The molecule has 1 amide bonds. The largest absolute Gasteiger partial charge is 0.480 e. The molecular weight excluding hydrogens is 352 g/mol. The van der Waals surface area contributed by atoms with E-state index >= 15 is 0 Å². The van der Waals surface area contributed by atoms with Gasteiger partial charge in [0.15, 0.2) is 5.17 Å². The van der Waals surface area contributed by atoms with Crippen LogP contribution in [0.5, 0.6) is 5.88 Å². The van der Waals surface area contributed by atoms with Crippen molar-refractivity contribution >= 4 is 29.1 Å². The van der Waals surface area contributed by atoms with E-state index in [-0.39, 0.29) is 11.6 Å². The molecule has 2 aliphatic heterocycles. The minimum Gasteiger partial charge on any atom is -0.480 e. The van der Waals surface area contributed by atoms with Gasteiger partial charge in [-0.15, -0.1) is 0 Å². The molecule has 3 heterocycles. The van der Waals surface area contributed by atoms with Crippen LogP contribution in [0.25, 0.3) is 0 Å². The van der Waals surface area contributed by atoms with Gasteiger partial charge in [-0.25, -0.2) is 15.0 Å². The van der Waals surface area contributed by atoms with Gasteiger partial charge in [-0.05, 0) is 31.4 Å². The number of allylic oxidation sites excluding steroid dienone is 1. The maximum atomic E-state index is 12.4. The molecule has 3 rings (SSSR count). The molecule has 0 unspecified atom stereocenters. The van der Waals surface area contributed by atoms with Gasteiger partial charge in [0.1, 0.15) is 11.2 Å². The summed E-state index contributed by atoms with van der Waals surface area (Å²) in [6, 6.07) is 0. The van der Waals surface area contributed by atoms with Crippen molar-refractivity contribution in [1.82, 2.24) is 15.3 Å². The molecule has 1 aromatic heterocycles. The zero-order valence-electron chi connectivity index (χ0n) is 14.8. The first kappa shape index (κ1) is 18.1. The molecule has 0 aromatic carbocycles. The number of nitrogens with zero attached hydrogens (tertiary/aromatic N) is 4. The zero-order chi connectivity index (χ0) is 18.8. The number of carbonyl (C=O) groups is 1. The highest BCUT2D eigenvalue weighted by Crippen LogP contribution is 2.40. The summed E-state index contributed by atoms with van der Waals surface area (Å²) in [6.45, 7) is 3.97. The molecule has 0 radical (unpaired) electrons. The number of aromatic nitrogens is 2. The number of amidine groups is 1. The summed E-state index contributed by atoms with van der Waals surface area (Å²) < 4.78 is 4.95. The first-order valence-electron chi connectivity index (χ1n) is 7.97. The molecule has 0 bridgehead atoms. The fourth-order valence-corrected chi connectivity index (χ4v) is 3.45. The predicted molar refractivity (Wildman–Crippen MR) is 102 cm³/mol. The number of methoxy groups -OCH3 is 1. The molecule has 0 spiro atoms. The highest BCUT2D eigenvalue weighted by Gasteiger charge is 2.45. The molecule has 0 saturated heterocycles. The van der Waals surface area contributed by atoms with Crippen LogP contribution in [0.2, 0.25) is 0 Å². The van der Waals surface area contributed by atoms with E-state index in [1.807, 2.05) is 25.3 Å². The Balaban J connectivity index is 1.75. The number of ether oxygens (including phenoxy) is 1. The lowest BCUT2D eigenvalue weighted by molar-refractivity contribution is 0.0957. The monoisotopic (exact) mass is 372 g/mol. The summed E-state index contributed by atoms with van der Waals surface area (Å²) in [5, 5.41) is 5.30. The van der Waals surface area contributed by atoms with Crippen LogP contribution in [-0.2, 0) is 0 Å². The van der Waals surface area contributed by atoms with Crippen LogP contribution in [0.3, 0.4) is 0 Å². The summed E-state index contributed by atoms with van der Waals surface area (Å²) in [5.74, 6) is 0.00966. The minimum absolute atomic E-state index is 0.207. The van der Waals surface area contributed by atoms with Gasteiger partial charge in [0.25, 0.3) is 5.91 Å². The Morgan fingerprint density at radius 2 is 2.15 bits per heavy atom. The highest BCUT2D eigenvalue weighted by molar-refractivity contribution is 8.16. The number of carbonyl (C=O) groups excluding carboxylic acids is 1. The summed E-state index contributed by atoms with van der Waals surface area (Å²) in [7, 11) is 1.49. The number of hydrogen-bond acceptors (Lipinski definition) is 8. The topological polar surface area (TPSA) is 115 Å². The molecule has 2 aliphatic rings. The van der Waals surface area contributed by atoms with Crippen molar-refractivity contribution in [2.75, 3.05) is 7.11 Å². The van der Waals surface area contributed by atoms with Crippen molar-refractivity contribution in [2.45, 2.75) is 31.3 Å². The summed E-state index contributed by atoms with van der Waals surface area (Å²) in [4.78, 5) is 29.7. The Labute approximate surface area is 155 Å². The molecule has 0 fully saturated rings. The van der Waals surface area contributed by atoms with Gasteiger partial charge in [-0.2, -0.15) is 0 Å². The highest BCUT2D eigenvalue weighted by atomic mass is 32.2. The molecule has 8 nitrogen and oxygen atoms in total. The molecule has 136 valence electrons. The number of rotatable bonds is 4. The van der Waals surface area contributed by atoms with Crippen LogP contribution in [0.15, 0.2) is 45.6 Å². The SMILES string of the molecule is COc1cnc(C(=O)NC2=CC=N[C@@](C)([C@]3(C)C=CSC(N)=N3)C2)cn1. The normalized spacial score (nSPS) is 27.5. The second-order valence-corrected chi connectivity index (χ2v) is 7.26. The van der Waals surface area contributed by atoms with Gasteiger partial charge < -0.3 is 15.8 Å². The second kappa shape index (κ2) is 6.91. The van der Waals surface area contributed by atoms with Crippen molar-refractivity contribution in [1.29, 1.82) is 0 Å². The van der Waals surface area contributed by atoms with E-state index < -0.39 is 11.1 Å². The van der Waals surface area contributed by atoms with Crippen molar-refractivity contribution in [3.63, 3.8) is 0 Å².